The highest BCUT2D eigenvalue weighted by atomic mass is 16.6. The Morgan fingerprint density at radius 2 is 1.87 bits per heavy atom. The third-order valence-corrected chi connectivity index (χ3v) is 6.66. The molecule has 1 fully saturated rings. The Hall–Kier alpha value is -2.01. The van der Waals surface area contributed by atoms with Crippen molar-refractivity contribution in [3.8, 4) is 5.75 Å². The minimum Gasteiger partial charge on any atom is -0.410 e. The first-order chi connectivity index (χ1) is 15.1. The van der Waals surface area contributed by atoms with Crippen molar-refractivity contribution in [1.29, 1.82) is 0 Å². The quantitative estimate of drug-likeness (QED) is 0.457. The van der Waals surface area contributed by atoms with E-state index in [0.717, 1.165) is 24.4 Å². The number of H-pyrrole nitrogens is 1. The Labute approximate surface area is 188 Å². The minimum atomic E-state index is -0.355. The monoisotopic (exact) mass is 427 g/mol. The van der Waals surface area contributed by atoms with Crippen LogP contribution in [0.3, 0.4) is 0 Å². The zero-order valence-corrected chi connectivity index (χ0v) is 19.8. The van der Waals surface area contributed by atoms with E-state index in [0.29, 0.717) is 5.75 Å². The molecule has 1 aliphatic carbocycles. The van der Waals surface area contributed by atoms with Gasteiger partial charge in [0.25, 0.3) is 0 Å². The molecule has 5 nitrogen and oxygen atoms in total. The predicted molar refractivity (Wildman–Crippen MR) is 129 cm³/mol. The molecule has 172 valence electrons. The first kappa shape index (κ1) is 23.6. The number of amides is 1. The van der Waals surface area contributed by atoms with E-state index in [9.17, 15) is 4.79 Å². The second kappa shape index (κ2) is 12.1. The Morgan fingerprint density at radius 3 is 2.58 bits per heavy atom. The van der Waals surface area contributed by atoms with Crippen LogP contribution in [-0.2, 0) is 6.42 Å². The van der Waals surface area contributed by atoms with Crippen LogP contribution in [0, 0.1) is 5.92 Å². The van der Waals surface area contributed by atoms with E-state index in [2.05, 4.69) is 29.1 Å². The number of benzene rings is 1. The number of unbranched alkanes of at least 4 members (excludes halogenated alkanes) is 1. The summed E-state index contributed by atoms with van der Waals surface area (Å²) >= 11 is 0. The van der Waals surface area contributed by atoms with E-state index in [4.69, 9.17) is 4.74 Å². The van der Waals surface area contributed by atoms with Gasteiger partial charge in [-0.2, -0.15) is 0 Å². The van der Waals surface area contributed by atoms with Gasteiger partial charge in [0.2, 0.25) is 0 Å². The van der Waals surface area contributed by atoms with Gasteiger partial charge in [0.15, 0.2) is 0 Å². The lowest BCUT2D eigenvalue weighted by Gasteiger charge is -2.24. The highest BCUT2D eigenvalue weighted by molar-refractivity contribution is 5.85. The Bertz CT molecular complexity index is 806. The van der Waals surface area contributed by atoms with Gasteiger partial charge in [0, 0.05) is 43.8 Å². The van der Waals surface area contributed by atoms with E-state index >= 15 is 0 Å². The second-order valence-electron chi connectivity index (χ2n) is 9.38. The zero-order chi connectivity index (χ0) is 22.1. The fourth-order valence-corrected chi connectivity index (χ4v) is 4.64. The van der Waals surface area contributed by atoms with Crippen molar-refractivity contribution in [2.24, 2.45) is 5.92 Å². The van der Waals surface area contributed by atoms with Gasteiger partial charge in [-0.3, -0.25) is 0 Å². The molecule has 0 radical (unpaired) electrons. The maximum absolute atomic E-state index is 11.8. The van der Waals surface area contributed by atoms with Crippen molar-refractivity contribution in [2.75, 3.05) is 33.7 Å². The van der Waals surface area contributed by atoms with Crippen LogP contribution in [0.15, 0.2) is 24.4 Å². The average Bonchev–Trinajstić information content (AvgIpc) is 2.97. The average molecular weight is 428 g/mol. The summed E-state index contributed by atoms with van der Waals surface area (Å²) in [4.78, 5) is 19.3. The predicted octanol–water partition coefficient (Wildman–Crippen LogP) is 6.23. The lowest BCUT2D eigenvalue weighted by atomic mass is 9.96. The maximum atomic E-state index is 11.8. The van der Waals surface area contributed by atoms with E-state index in [1.165, 1.54) is 86.7 Å². The highest BCUT2D eigenvalue weighted by Gasteiger charge is 2.15. The molecule has 1 amide bonds. The van der Waals surface area contributed by atoms with Crippen LogP contribution in [0.5, 0.6) is 5.75 Å². The van der Waals surface area contributed by atoms with Gasteiger partial charge in [0.1, 0.15) is 5.75 Å². The molecular formula is C26H41N3O2. The van der Waals surface area contributed by atoms with Gasteiger partial charge in [-0.1, -0.05) is 51.9 Å². The number of aromatic nitrogens is 1. The summed E-state index contributed by atoms with van der Waals surface area (Å²) in [5.74, 6) is 1.51. The summed E-state index contributed by atoms with van der Waals surface area (Å²) in [6, 6.07) is 5.88. The van der Waals surface area contributed by atoms with Crippen LogP contribution < -0.4 is 4.74 Å². The van der Waals surface area contributed by atoms with Crippen molar-refractivity contribution in [2.45, 2.75) is 71.1 Å². The SMILES string of the molecule is CCCCN(CCc1c[nH]c2cc(OC(=O)N(C)C)ccc12)CCC1CCCCCC1. The number of hydrogen-bond acceptors (Lipinski definition) is 3. The van der Waals surface area contributed by atoms with Gasteiger partial charge in [0.05, 0.1) is 0 Å². The van der Waals surface area contributed by atoms with Crippen LogP contribution in [0.25, 0.3) is 10.9 Å². The Morgan fingerprint density at radius 1 is 1.10 bits per heavy atom. The summed E-state index contributed by atoms with van der Waals surface area (Å²) in [5, 5.41) is 1.23. The minimum absolute atomic E-state index is 0.355. The Balaban J connectivity index is 1.57. The van der Waals surface area contributed by atoms with Gasteiger partial charge >= 0.3 is 6.09 Å². The lowest BCUT2D eigenvalue weighted by molar-refractivity contribution is 0.172. The van der Waals surface area contributed by atoms with Gasteiger partial charge in [-0.15, -0.1) is 0 Å². The van der Waals surface area contributed by atoms with Crippen molar-refractivity contribution >= 4 is 17.0 Å². The lowest BCUT2D eigenvalue weighted by Crippen LogP contribution is -2.29. The van der Waals surface area contributed by atoms with Crippen LogP contribution in [-0.4, -0.2) is 54.6 Å². The smallest absolute Gasteiger partial charge is 0.410 e. The van der Waals surface area contributed by atoms with E-state index in [1.807, 2.05) is 12.1 Å². The van der Waals surface area contributed by atoms with Crippen molar-refractivity contribution < 1.29 is 9.53 Å². The van der Waals surface area contributed by atoms with Crippen LogP contribution in [0.1, 0.15) is 70.3 Å². The number of ether oxygens (including phenoxy) is 1. The molecule has 0 unspecified atom stereocenters. The number of aromatic amines is 1. The number of hydrogen-bond donors (Lipinski definition) is 1. The molecule has 1 aromatic carbocycles. The summed E-state index contributed by atoms with van der Waals surface area (Å²) in [5.41, 5.74) is 2.37. The highest BCUT2D eigenvalue weighted by Crippen LogP contribution is 2.27. The van der Waals surface area contributed by atoms with Crippen molar-refractivity contribution in [3.63, 3.8) is 0 Å². The Kier molecular flexibility index (Phi) is 9.26. The number of carbonyl (C=O) groups is 1. The molecule has 0 bridgehead atoms. The molecule has 5 heteroatoms. The normalized spacial score (nSPS) is 15.4. The molecular weight excluding hydrogens is 386 g/mol. The van der Waals surface area contributed by atoms with Gasteiger partial charge in [-0.05, 0) is 56.0 Å². The first-order valence-corrected chi connectivity index (χ1v) is 12.3. The largest absolute Gasteiger partial charge is 0.414 e. The number of carbonyl (C=O) groups excluding carboxylic acids is 1. The molecule has 0 spiro atoms. The number of nitrogens with zero attached hydrogens (tertiary/aromatic N) is 2. The van der Waals surface area contributed by atoms with E-state index < -0.39 is 0 Å². The zero-order valence-electron chi connectivity index (χ0n) is 19.8. The molecule has 2 aromatic rings. The molecule has 0 aliphatic heterocycles. The summed E-state index contributed by atoms with van der Waals surface area (Å²) in [6.07, 6.45) is 15.3. The molecule has 1 aromatic heterocycles. The van der Waals surface area contributed by atoms with Crippen molar-refractivity contribution in [1.82, 2.24) is 14.8 Å². The molecule has 1 aliphatic rings. The fraction of sp³-hybridized carbons (Fsp3) is 0.654. The van der Waals surface area contributed by atoms with Crippen LogP contribution >= 0.6 is 0 Å². The topological polar surface area (TPSA) is 48.6 Å². The number of nitrogens with one attached hydrogen (secondary N) is 1. The first-order valence-electron chi connectivity index (χ1n) is 12.3. The van der Waals surface area contributed by atoms with Crippen LogP contribution in [0.4, 0.5) is 4.79 Å². The number of fused-ring (bicyclic) bond motifs is 1. The van der Waals surface area contributed by atoms with Gasteiger partial charge < -0.3 is 19.5 Å². The third kappa shape index (κ3) is 7.27. The third-order valence-electron chi connectivity index (χ3n) is 6.66. The standard InChI is InChI=1S/C26H41N3O2/c1-4-5-16-29(17-14-21-10-8-6-7-9-11-21)18-15-22-20-27-25-19-23(12-13-24(22)25)31-26(30)28(2)3/h12-13,19-21,27H,4-11,14-18H2,1-3H3. The molecule has 1 saturated carbocycles. The van der Waals surface area contributed by atoms with Crippen molar-refractivity contribution in [3.05, 3.63) is 30.0 Å². The van der Waals surface area contributed by atoms with Crippen LogP contribution in [0.2, 0.25) is 0 Å². The maximum Gasteiger partial charge on any atom is 0.414 e. The van der Waals surface area contributed by atoms with E-state index in [-0.39, 0.29) is 6.09 Å². The second-order valence-corrected chi connectivity index (χ2v) is 9.38. The summed E-state index contributed by atoms with van der Waals surface area (Å²) in [7, 11) is 3.38. The molecule has 31 heavy (non-hydrogen) atoms. The molecule has 0 atom stereocenters. The fourth-order valence-electron chi connectivity index (χ4n) is 4.64. The summed E-state index contributed by atoms with van der Waals surface area (Å²) < 4.78 is 5.39. The number of rotatable bonds is 10. The molecule has 1 N–H and O–H groups in total. The summed E-state index contributed by atoms with van der Waals surface area (Å²) in [6.45, 7) is 5.83. The molecule has 1 heterocycles. The molecule has 0 saturated heterocycles. The van der Waals surface area contributed by atoms with Gasteiger partial charge in [-0.25, -0.2) is 4.79 Å². The molecule has 3 rings (SSSR count). The van der Waals surface area contributed by atoms with E-state index in [1.54, 1.807) is 14.1 Å².